The van der Waals surface area contributed by atoms with Gasteiger partial charge in [-0.1, -0.05) is 19.1 Å². The van der Waals surface area contributed by atoms with Crippen LogP contribution in [0, 0.1) is 6.08 Å². The van der Waals surface area contributed by atoms with E-state index in [4.69, 9.17) is 4.74 Å². The van der Waals surface area contributed by atoms with Gasteiger partial charge in [-0.25, -0.2) is 4.79 Å². The monoisotopic (exact) mass is 433 g/mol. The molecule has 5 nitrogen and oxygen atoms in total. The largest absolute Gasteiger partial charge is 0.516 e. The number of carbonyl (C=O) groups is 2. The summed E-state index contributed by atoms with van der Waals surface area (Å²) in [4.78, 5) is 21.8. The first-order valence-electron chi connectivity index (χ1n) is 5.29. The molecule has 0 aliphatic heterocycles. The number of carbonyl (C=O) groups excluding carboxylic acids is 2. The van der Waals surface area contributed by atoms with E-state index in [0.717, 1.165) is 12.0 Å². The van der Waals surface area contributed by atoms with Crippen molar-refractivity contribution in [3.8, 4) is 5.75 Å². The maximum Gasteiger partial charge on any atom is 0.516 e. The van der Waals surface area contributed by atoms with Gasteiger partial charge < -0.3 is 20.3 Å². The van der Waals surface area contributed by atoms with Crippen LogP contribution >= 0.6 is 0 Å². The molecule has 102 valence electrons. The molecule has 19 heavy (non-hydrogen) atoms. The molecule has 0 aliphatic rings. The van der Waals surface area contributed by atoms with Crippen LogP contribution in [0.15, 0.2) is 30.8 Å². The number of benzene rings is 1. The van der Waals surface area contributed by atoms with E-state index in [1.807, 2.05) is 25.1 Å². The molecule has 0 aromatic heterocycles. The number of aryl methyl sites for hydroxylation is 1. The van der Waals surface area contributed by atoms with E-state index >= 15 is 0 Å². The molecule has 6 heteroatoms. The number of hydrogen-bond acceptors (Lipinski definition) is 5. The summed E-state index contributed by atoms with van der Waals surface area (Å²) in [5.74, 6) is -0.436. The Morgan fingerprint density at radius 2 is 1.84 bits per heavy atom. The van der Waals surface area contributed by atoms with Gasteiger partial charge in [0, 0.05) is 21.1 Å². The summed E-state index contributed by atoms with van der Waals surface area (Å²) in [7, 11) is 0. The topological polar surface area (TPSA) is 61.8 Å². The molecule has 0 bridgehead atoms. The molecule has 0 radical (unpaired) electrons. The van der Waals surface area contributed by atoms with E-state index in [1.54, 1.807) is 12.1 Å². The fourth-order valence-corrected chi connectivity index (χ4v) is 1.10. The number of rotatable bonds is 5. The molecular weight excluding hydrogens is 420 g/mol. The first-order chi connectivity index (χ1) is 8.65. The molecule has 0 fully saturated rings. The van der Waals surface area contributed by atoms with Gasteiger partial charge in [-0.05, 0) is 24.1 Å². The Bertz CT molecular complexity index is 427. The Hall–Kier alpha value is -1.61. The van der Waals surface area contributed by atoms with Crippen LogP contribution in [0.4, 0.5) is 4.79 Å². The number of esters is 1. The molecule has 0 unspecified atom stereocenters. The number of ether oxygens (including phenoxy) is 3. The van der Waals surface area contributed by atoms with E-state index in [-0.39, 0.29) is 21.1 Å². The van der Waals surface area contributed by atoms with Crippen molar-refractivity contribution in [3.63, 3.8) is 0 Å². The second-order valence-electron chi connectivity index (χ2n) is 3.22. The fraction of sp³-hybridized carbons (Fsp3) is 0.231. The molecule has 0 atom stereocenters. The zero-order chi connectivity index (χ0) is 13.4. The molecule has 0 aliphatic carbocycles. The van der Waals surface area contributed by atoms with Gasteiger partial charge in [-0.3, -0.25) is 11.4 Å². The van der Waals surface area contributed by atoms with E-state index < -0.39 is 18.9 Å². The molecule has 1 aromatic carbocycles. The van der Waals surface area contributed by atoms with Gasteiger partial charge in [0.25, 0.3) is 0 Å². The van der Waals surface area contributed by atoms with Crippen LogP contribution in [0.25, 0.3) is 0 Å². The number of hydrogen-bond donors (Lipinski definition) is 0. The summed E-state index contributed by atoms with van der Waals surface area (Å²) in [5, 5.41) is 0. The zero-order valence-corrected chi connectivity index (χ0v) is 13.3. The Morgan fingerprint density at radius 3 is 2.37 bits per heavy atom. The molecule has 0 N–H and O–H groups in total. The van der Waals surface area contributed by atoms with Crippen molar-refractivity contribution in [1.82, 2.24) is 0 Å². The standard InChI is InChI=1S/C13H13O5.W/c1-3-10-5-7-11(8-6-10)18-13(15)17-9-16-12(14)4-2;/h5-8H,2-3,9H2,1H3;/q-1;. The Labute approximate surface area is 125 Å². The Morgan fingerprint density at radius 1 is 1.21 bits per heavy atom. The van der Waals surface area contributed by atoms with E-state index in [9.17, 15) is 9.59 Å². The summed E-state index contributed by atoms with van der Waals surface area (Å²) < 4.78 is 13.7. The normalized spacial score (nSPS) is 8.89. The minimum Gasteiger partial charge on any atom is -0.454 e. The van der Waals surface area contributed by atoms with Crippen molar-refractivity contribution in [3.05, 3.63) is 42.5 Å². The van der Waals surface area contributed by atoms with Crippen LogP contribution in [0.2, 0.25) is 0 Å². The maximum atomic E-state index is 11.2. The summed E-state index contributed by atoms with van der Waals surface area (Å²) in [6.07, 6.45) is 1.91. The molecule has 0 saturated carbocycles. The van der Waals surface area contributed by atoms with Crippen molar-refractivity contribution in [2.45, 2.75) is 13.3 Å². The first-order valence-corrected chi connectivity index (χ1v) is 5.29. The van der Waals surface area contributed by atoms with Gasteiger partial charge in [0.1, 0.15) is 5.75 Å². The minimum absolute atomic E-state index is 0. The van der Waals surface area contributed by atoms with Crippen LogP contribution in [0.5, 0.6) is 5.75 Å². The summed E-state index contributed by atoms with van der Waals surface area (Å²) in [6, 6.07) is 7.00. The summed E-state index contributed by atoms with van der Waals surface area (Å²) >= 11 is 0. The van der Waals surface area contributed by atoms with Crippen molar-refractivity contribution in [1.29, 1.82) is 0 Å². The van der Waals surface area contributed by atoms with E-state index in [0.29, 0.717) is 5.75 Å². The molecular formula is C13H13O5W-. The first kappa shape index (κ1) is 17.4. The minimum atomic E-state index is -0.948. The van der Waals surface area contributed by atoms with Crippen molar-refractivity contribution in [2.24, 2.45) is 0 Å². The summed E-state index contributed by atoms with van der Waals surface area (Å²) in [6.45, 7) is 4.56. The van der Waals surface area contributed by atoms with Crippen LogP contribution < -0.4 is 4.74 Å². The van der Waals surface area contributed by atoms with Crippen molar-refractivity contribution < 1.29 is 44.9 Å². The third kappa shape index (κ3) is 6.77. The molecule has 0 amide bonds. The average Bonchev–Trinajstić information content (AvgIpc) is 2.39. The molecule has 1 aromatic rings. The van der Waals surface area contributed by atoms with Crippen LogP contribution in [0.1, 0.15) is 12.5 Å². The molecule has 0 heterocycles. The maximum absolute atomic E-state index is 11.2. The SMILES string of the molecule is C=[C-]C(=O)OCOC(=O)Oc1ccc(CC)cc1.[W]. The van der Waals surface area contributed by atoms with Gasteiger partial charge in [0.2, 0.25) is 6.79 Å². The van der Waals surface area contributed by atoms with Gasteiger partial charge in [-0.2, -0.15) is 0 Å². The van der Waals surface area contributed by atoms with Crippen LogP contribution in [-0.4, -0.2) is 18.9 Å². The van der Waals surface area contributed by atoms with Crippen LogP contribution in [0.3, 0.4) is 0 Å². The molecule has 0 spiro atoms. The van der Waals surface area contributed by atoms with E-state index in [1.165, 1.54) is 0 Å². The molecule has 1 rings (SSSR count). The Kier molecular flexibility index (Phi) is 8.54. The van der Waals surface area contributed by atoms with Gasteiger partial charge >= 0.3 is 6.16 Å². The zero-order valence-electron chi connectivity index (χ0n) is 10.4. The quantitative estimate of drug-likeness (QED) is 0.235. The van der Waals surface area contributed by atoms with Crippen LogP contribution in [-0.2, 0) is 41.8 Å². The Balaban J connectivity index is 0.00000324. The third-order valence-electron chi connectivity index (χ3n) is 2.04. The van der Waals surface area contributed by atoms with Gasteiger partial charge in [0.15, 0.2) is 5.97 Å². The van der Waals surface area contributed by atoms with E-state index in [2.05, 4.69) is 16.1 Å². The predicted octanol–water partition coefficient (Wildman–Crippen LogP) is 2.25. The smallest absolute Gasteiger partial charge is 0.454 e. The van der Waals surface area contributed by atoms with Gasteiger partial charge in [0.05, 0.1) is 0 Å². The van der Waals surface area contributed by atoms with Crippen molar-refractivity contribution >= 4 is 12.1 Å². The summed E-state index contributed by atoms with van der Waals surface area (Å²) in [5.41, 5.74) is 1.13. The average molecular weight is 433 g/mol. The third-order valence-corrected chi connectivity index (χ3v) is 2.04. The predicted molar refractivity (Wildman–Crippen MR) is 62.8 cm³/mol. The molecule has 0 saturated heterocycles. The van der Waals surface area contributed by atoms with Gasteiger partial charge in [-0.15, -0.1) is 0 Å². The fourth-order valence-electron chi connectivity index (χ4n) is 1.10. The van der Waals surface area contributed by atoms with Crippen molar-refractivity contribution in [2.75, 3.05) is 6.79 Å². The second-order valence-corrected chi connectivity index (χ2v) is 3.22. The second kappa shape index (κ2) is 9.34.